The molecule has 0 aromatic heterocycles. The molecule has 6 heteroatoms. The van der Waals surface area contributed by atoms with Crippen LogP contribution in [0.5, 0.6) is 0 Å². The molecular formula is C75H132O6. The SMILES string of the molecule is CC/C=C\C/C=C\C/C=C\C/C=C\CCCCCCCCCCCCC(=O)OC(COC(=O)CCCCCCC/C=C\CCCCCCCC)COC(=O)CCCCCCCCCCCCCCC/C=C\C/C=C\CCCCCCC. The zero-order valence-electron chi connectivity index (χ0n) is 53.8. The van der Waals surface area contributed by atoms with Gasteiger partial charge in [-0.2, -0.15) is 0 Å². The average Bonchev–Trinajstić information content (AvgIpc) is 3.47. The summed E-state index contributed by atoms with van der Waals surface area (Å²) in [5.74, 6) is -0.875. The lowest BCUT2D eigenvalue weighted by Crippen LogP contribution is -2.30. The minimum absolute atomic E-state index is 0.0789. The van der Waals surface area contributed by atoms with Gasteiger partial charge in [-0.1, -0.05) is 305 Å². The van der Waals surface area contributed by atoms with Crippen LogP contribution < -0.4 is 0 Å². The van der Waals surface area contributed by atoms with E-state index in [1.807, 2.05) is 0 Å². The van der Waals surface area contributed by atoms with Crippen molar-refractivity contribution in [2.45, 2.75) is 361 Å². The van der Waals surface area contributed by atoms with E-state index in [-0.39, 0.29) is 31.1 Å². The Morgan fingerprint density at radius 1 is 0.259 bits per heavy atom. The van der Waals surface area contributed by atoms with Crippen molar-refractivity contribution in [3.05, 3.63) is 85.1 Å². The van der Waals surface area contributed by atoms with E-state index in [0.717, 1.165) is 96.3 Å². The summed E-state index contributed by atoms with van der Waals surface area (Å²) in [5, 5.41) is 0. The molecule has 0 aliphatic heterocycles. The van der Waals surface area contributed by atoms with Crippen molar-refractivity contribution in [1.29, 1.82) is 0 Å². The maximum atomic E-state index is 13.0. The van der Waals surface area contributed by atoms with Gasteiger partial charge in [0.2, 0.25) is 0 Å². The molecule has 6 nitrogen and oxygen atoms in total. The fourth-order valence-corrected chi connectivity index (χ4v) is 10.1. The van der Waals surface area contributed by atoms with E-state index in [1.54, 1.807) is 0 Å². The zero-order valence-corrected chi connectivity index (χ0v) is 53.8. The van der Waals surface area contributed by atoms with Crippen molar-refractivity contribution in [3.63, 3.8) is 0 Å². The van der Waals surface area contributed by atoms with Crippen molar-refractivity contribution in [2.75, 3.05) is 13.2 Å². The first kappa shape index (κ1) is 77.6. The molecule has 0 rings (SSSR count). The number of unbranched alkanes of at least 4 members (excludes halogenated alkanes) is 39. The van der Waals surface area contributed by atoms with E-state index in [4.69, 9.17) is 14.2 Å². The monoisotopic (exact) mass is 1130 g/mol. The Kier molecular flexibility index (Phi) is 66.2. The third-order valence-corrected chi connectivity index (χ3v) is 15.4. The fraction of sp³-hybridized carbons (Fsp3) is 0.773. The lowest BCUT2D eigenvalue weighted by Gasteiger charge is -2.18. The molecule has 0 fully saturated rings. The highest BCUT2D eigenvalue weighted by Gasteiger charge is 2.19. The summed E-state index contributed by atoms with van der Waals surface area (Å²) in [7, 11) is 0. The first-order valence-electron chi connectivity index (χ1n) is 35.1. The Bertz CT molecular complexity index is 1530. The van der Waals surface area contributed by atoms with E-state index in [2.05, 4.69) is 106 Å². The molecule has 468 valence electrons. The number of allylic oxidation sites excluding steroid dienone is 14. The highest BCUT2D eigenvalue weighted by atomic mass is 16.6. The van der Waals surface area contributed by atoms with Crippen LogP contribution in [0.4, 0.5) is 0 Å². The number of hydrogen-bond donors (Lipinski definition) is 0. The molecule has 0 spiro atoms. The van der Waals surface area contributed by atoms with E-state index in [1.165, 1.54) is 218 Å². The van der Waals surface area contributed by atoms with Crippen LogP contribution in [-0.2, 0) is 28.6 Å². The predicted octanol–water partition coefficient (Wildman–Crippen LogP) is 24.2. The standard InChI is InChI=1S/C75H132O6/c1-4-7-10-13-16-19-22-25-28-30-32-34-36-37-39-40-42-44-47-50-53-56-59-62-65-68-74(77)80-71-72(70-79-73(76)67-64-61-58-55-52-49-46-27-24-21-18-15-12-9-6-3)81-75(78)69-66-63-60-57-54-51-48-45-43-41-38-35-33-31-29-26-23-20-17-14-11-8-5-2/h8,11,17,20,22,25-27,29-30,32-33,35,46,72H,4-7,9-10,12-16,18-19,21,23-24,28,31,34,36-45,47-71H2,1-3H3/b11-8-,20-17-,25-22-,29-26-,32-30-,35-33-,46-27-. The molecule has 1 unspecified atom stereocenters. The molecule has 81 heavy (non-hydrogen) atoms. The average molecular weight is 1130 g/mol. The molecule has 0 aromatic rings. The molecule has 0 bridgehead atoms. The van der Waals surface area contributed by atoms with Crippen LogP contribution in [0.15, 0.2) is 85.1 Å². The highest BCUT2D eigenvalue weighted by Crippen LogP contribution is 2.17. The van der Waals surface area contributed by atoms with Crippen LogP contribution in [0.25, 0.3) is 0 Å². The van der Waals surface area contributed by atoms with E-state index >= 15 is 0 Å². The van der Waals surface area contributed by atoms with Gasteiger partial charge < -0.3 is 14.2 Å². The lowest BCUT2D eigenvalue weighted by atomic mass is 10.0. The topological polar surface area (TPSA) is 78.9 Å². The van der Waals surface area contributed by atoms with Gasteiger partial charge in [0.1, 0.15) is 13.2 Å². The number of esters is 3. The number of rotatable bonds is 64. The normalized spacial score (nSPS) is 12.6. The third-order valence-electron chi connectivity index (χ3n) is 15.4. The Balaban J connectivity index is 4.32. The van der Waals surface area contributed by atoms with Gasteiger partial charge in [0.25, 0.3) is 0 Å². The van der Waals surface area contributed by atoms with Gasteiger partial charge in [-0.15, -0.1) is 0 Å². The van der Waals surface area contributed by atoms with Gasteiger partial charge in [-0.25, -0.2) is 0 Å². The smallest absolute Gasteiger partial charge is 0.306 e. The summed E-state index contributed by atoms with van der Waals surface area (Å²) in [5.41, 5.74) is 0. The first-order valence-corrected chi connectivity index (χ1v) is 35.1. The van der Waals surface area contributed by atoms with Crippen LogP contribution in [0.3, 0.4) is 0 Å². The molecular weight excluding hydrogens is 997 g/mol. The summed E-state index contributed by atoms with van der Waals surface area (Å²) < 4.78 is 17.0. The quantitative estimate of drug-likeness (QED) is 0.0261. The number of carbonyl (C=O) groups excluding carboxylic acids is 3. The summed E-state index contributed by atoms with van der Waals surface area (Å²) in [6.45, 7) is 6.55. The van der Waals surface area contributed by atoms with Crippen molar-refractivity contribution < 1.29 is 28.6 Å². The van der Waals surface area contributed by atoms with Gasteiger partial charge in [-0.05, 0) is 116 Å². The molecule has 1 atom stereocenters. The van der Waals surface area contributed by atoms with Gasteiger partial charge >= 0.3 is 17.9 Å². The van der Waals surface area contributed by atoms with E-state index < -0.39 is 6.10 Å². The fourth-order valence-electron chi connectivity index (χ4n) is 10.1. The number of ether oxygens (including phenoxy) is 3. The lowest BCUT2D eigenvalue weighted by molar-refractivity contribution is -0.167. The second-order valence-corrected chi connectivity index (χ2v) is 23.4. The van der Waals surface area contributed by atoms with Crippen LogP contribution in [0.1, 0.15) is 355 Å². The largest absolute Gasteiger partial charge is 0.462 e. The van der Waals surface area contributed by atoms with Gasteiger partial charge in [0.05, 0.1) is 0 Å². The van der Waals surface area contributed by atoms with Gasteiger partial charge in [0, 0.05) is 19.3 Å². The van der Waals surface area contributed by atoms with Crippen molar-refractivity contribution in [3.8, 4) is 0 Å². The summed E-state index contributed by atoms with van der Waals surface area (Å²) >= 11 is 0. The molecule has 0 aliphatic carbocycles. The van der Waals surface area contributed by atoms with Gasteiger partial charge in [0.15, 0.2) is 6.10 Å². The Morgan fingerprint density at radius 2 is 0.481 bits per heavy atom. The van der Waals surface area contributed by atoms with Crippen molar-refractivity contribution >= 4 is 17.9 Å². The molecule has 0 saturated heterocycles. The van der Waals surface area contributed by atoms with E-state index in [9.17, 15) is 14.4 Å². The number of hydrogen-bond acceptors (Lipinski definition) is 6. The highest BCUT2D eigenvalue weighted by molar-refractivity contribution is 5.71. The van der Waals surface area contributed by atoms with Crippen molar-refractivity contribution in [2.24, 2.45) is 0 Å². The van der Waals surface area contributed by atoms with Crippen LogP contribution in [0.2, 0.25) is 0 Å². The van der Waals surface area contributed by atoms with Crippen LogP contribution in [0, 0.1) is 0 Å². The van der Waals surface area contributed by atoms with Crippen LogP contribution >= 0.6 is 0 Å². The molecule has 0 saturated carbocycles. The van der Waals surface area contributed by atoms with Crippen molar-refractivity contribution in [1.82, 2.24) is 0 Å². The molecule has 0 radical (unpaired) electrons. The molecule has 0 heterocycles. The Labute approximate surface area is 503 Å². The van der Waals surface area contributed by atoms with Gasteiger partial charge in [-0.3, -0.25) is 14.4 Å². The summed E-state index contributed by atoms with van der Waals surface area (Å²) in [6, 6.07) is 0. The second kappa shape index (κ2) is 69.1. The minimum Gasteiger partial charge on any atom is -0.462 e. The Morgan fingerprint density at radius 3 is 0.765 bits per heavy atom. The molecule has 0 aromatic carbocycles. The minimum atomic E-state index is -0.784. The van der Waals surface area contributed by atoms with Crippen LogP contribution in [-0.4, -0.2) is 37.2 Å². The molecule has 0 aliphatic rings. The third kappa shape index (κ3) is 67.3. The molecule has 0 N–H and O–H groups in total. The molecule has 0 amide bonds. The maximum Gasteiger partial charge on any atom is 0.306 e. The predicted molar refractivity (Wildman–Crippen MR) is 353 cm³/mol. The Hall–Kier alpha value is -3.41. The summed E-state index contributed by atoms with van der Waals surface area (Å²) in [4.78, 5) is 38.5. The number of carbonyl (C=O) groups is 3. The first-order chi connectivity index (χ1) is 40.0. The van der Waals surface area contributed by atoms with E-state index in [0.29, 0.717) is 19.3 Å². The second-order valence-electron chi connectivity index (χ2n) is 23.4. The maximum absolute atomic E-state index is 13.0. The zero-order chi connectivity index (χ0) is 58.5. The summed E-state index contributed by atoms with van der Waals surface area (Å²) in [6.07, 6.45) is 91.7.